The Bertz CT molecular complexity index is 1390. The molecule has 0 aliphatic heterocycles. The first kappa shape index (κ1) is 32.0. The molecule has 4 unspecified atom stereocenters. The van der Waals surface area contributed by atoms with Gasteiger partial charge in [-0.25, -0.2) is 9.78 Å². The predicted molar refractivity (Wildman–Crippen MR) is 159 cm³/mol. The Labute approximate surface area is 246 Å². The first-order valence-corrected chi connectivity index (χ1v) is 13.8. The number of fused-ring (bicyclic) bond motifs is 1. The standard InChI is InChI=1S/C26H36N10O5S/c27-17(8-14-10-32-18-5-2-1-4-16(14)18)22(37)36-21(12-42)24(39)34-19(6-3-7-31-26(28)29)23(38)35-20(25(40)41)9-15-11-30-13-33-15/h1-2,4-5,10-11,13,17,19-21,32,42H,3,6-9,12,27H2,(H,30,33)(H,34,39)(H,35,38)(H,36,37)(H,40,41)(H4,28,29,31). The summed E-state index contributed by atoms with van der Waals surface area (Å²) < 4.78 is 0. The van der Waals surface area contributed by atoms with Crippen LogP contribution < -0.4 is 33.2 Å². The van der Waals surface area contributed by atoms with Crippen LogP contribution in [0.4, 0.5) is 0 Å². The van der Waals surface area contributed by atoms with Crippen LogP contribution in [0.1, 0.15) is 24.1 Å². The molecule has 0 saturated heterocycles. The molecule has 0 fully saturated rings. The second-order valence-corrected chi connectivity index (χ2v) is 9.97. The number of thiol groups is 1. The van der Waals surface area contributed by atoms with Gasteiger partial charge in [-0.15, -0.1) is 0 Å². The van der Waals surface area contributed by atoms with E-state index in [-0.39, 0.29) is 37.5 Å². The number of amides is 3. The Morgan fingerprint density at radius 3 is 2.33 bits per heavy atom. The first-order valence-electron chi connectivity index (χ1n) is 13.2. The molecule has 4 atom stereocenters. The van der Waals surface area contributed by atoms with Crippen molar-refractivity contribution in [1.82, 2.24) is 30.9 Å². The lowest BCUT2D eigenvalue weighted by Crippen LogP contribution is -2.58. The van der Waals surface area contributed by atoms with Gasteiger partial charge in [-0.05, 0) is 30.9 Å². The number of nitrogens with two attached hydrogens (primary N) is 3. The smallest absolute Gasteiger partial charge is 0.326 e. The lowest BCUT2D eigenvalue weighted by atomic mass is 10.0. The number of carbonyl (C=O) groups is 4. The van der Waals surface area contributed by atoms with Gasteiger partial charge in [-0.3, -0.25) is 19.4 Å². The minimum atomic E-state index is -1.29. The van der Waals surface area contributed by atoms with Gasteiger partial charge in [0.05, 0.1) is 12.4 Å². The second-order valence-electron chi connectivity index (χ2n) is 9.60. The maximum absolute atomic E-state index is 13.2. The SMILES string of the molecule is NC(N)=NCCCC(NC(=O)C(CS)NC(=O)C(N)Cc1c[nH]c2ccccc12)C(=O)NC(Cc1cnc[nH]1)C(=O)O. The summed E-state index contributed by atoms with van der Waals surface area (Å²) in [6.45, 7) is 0.175. The van der Waals surface area contributed by atoms with Crippen molar-refractivity contribution in [3.05, 3.63) is 54.2 Å². The van der Waals surface area contributed by atoms with Gasteiger partial charge < -0.3 is 48.2 Å². The lowest BCUT2D eigenvalue weighted by molar-refractivity contribution is -0.142. The number of carboxylic acid groups (broad SMARTS) is 1. The fourth-order valence-corrected chi connectivity index (χ4v) is 4.49. The molecule has 3 amide bonds. The van der Waals surface area contributed by atoms with Crippen LogP contribution >= 0.6 is 12.6 Å². The number of rotatable bonds is 16. The van der Waals surface area contributed by atoms with Gasteiger partial charge in [-0.1, -0.05) is 18.2 Å². The molecule has 3 aromatic rings. The van der Waals surface area contributed by atoms with Gasteiger partial charge in [0.25, 0.3) is 0 Å². The van der Waals surface area contributed by atoms with Crippen molar-refractivity contribution in [2.45, 2.75) is 49.9 Å². The Kier molecular flexibility index (Phi) is 11.7. The zero-order valence-electron chi connectivity index (χ0n) is 22.7. The summed E-state index contributed by atoms with van der Waals surface area (Å²) in [5, 5.41) is 18.2. The molecule has 0 spiro atoms. The highest BCUT2D eigenvalue weighted by molar-refractivity contribution is 7.80. The molecule has 1 aromatic carbocycles. The van der Waals surface area contributed by atoms with E-state index in [1.54, 1.807) is 6.20 Å². The van der Waals surface area contributed by atoms with Crippen LogP contribution in [0.3, 0.4) is 0 Å². The highest BCUT2D eigenvalue weighted by atomic mass is 32.1. The molecule has 12 N–H and O–H groups in total. The zero-order chi connectivity index (χ0) is 30.6. The maximum Gasteiger partial charge on any atom is 0.326 e. The normalized spacial score (nSPS) is 13.9. The van der Waals surface area contributed by atoms with Crippen LogP contribution in [0.2, 0.25) is 0 Å². The number of benzene rings is 1. The number of aliphatic carboxylic acids is 1. The molecule has 2 heterocycles. The van der Waals surface area contributed by atoms with Crippen molar-refractivity contribution in [2.24, 2.45) is 22.2 Å². The van der Waals surface area contributed by atoms with Crippen LogP contribution in [0.5, 0.6) is 0 Å². The number of nitrogens with one attached hydrogen (secondary N) is 5. The number of aromatic amines is 2. The van der Waals surface area contributed by atoms with Crippen LogP contribution in [0, 0.1) is 0 Å². The van der Waals surface area contributed by atoms with E-state index in [1.807, 2.05) is 24.3 Å². The highest BCUT2D eigenvalue weighted by Crippen LogP contribution is 2.18. The van der Waals surface area contributed by atoms with Crippen molar-refractivity contribution >= 4 is 53.2 Å². The molecular formula is C26H36N10O5S. The quantitative estimate of drug-likeness (QED) is 0.0397. The Morgan fingerprint density at radius 1 is 0.976 bits per heavy atom. The van der Waals surface area contributed by atoms with Gasteiger partial charge in [0.15, 0.2) is 5.96 Å². The summed E-state index contributed by atoms with van der Waals surface area (Å²) in [7, 11) is 0. The monoisotopic (exact) mass is 600 g/mol. The third-order valence-electron chi connectivity index (χ3n) is 6.44. The van der Waals surface area contributed by atoms with Crippen LogP contribution in [0.25, 0.3) is 10.9 Å². The van der Waals surface area contributed by atoms with Crippen LogP contribution in [-0.2, 0) is 32.0 Å². The number of carbonyl (C=O) groups excluding carboxylic acids is 3. The summed E-state index contributed by atoms with van der Waals surface area (Å²) in [4.78, 5) is 64.6. The highest BCUT2D eigenvalue weighted by Gasteiger charge is 2.30. The fraction of sp³-hybridized carbons (Fsp3) is 0.385. The van der Waals surface area contributed by atoms with E-state index in [2.05, 4.69) is 48.5 Å². The third kappa shape index (κ3) is 9.24. The van der Waals surface area contributed by atoms with Crippen molar-refractivity contribution in [3.8, 4) is 0 Å². The average Bonchev–Trinajstić information content (AvgIpc) is 3.62. The molecule has 3 rings (SSSR count). The Balaban J connectivity index is 1.65. The summed E-state index contributed by atoms with van der Waals surface area (Å²) in [6, 6.07) is 3.06. The summed E-state index contributed by atoms with van der Waals surface area (Å²) in [5.41, 5.74) is 19.1. The molecule has 16 heteroatoms. The molecule has 0 aliphatic carbocycles. The summed E-state index contributed by atoms with van der Waals surface area (Å²) in [5.74, 6) is -3.49. The third-order valence-corrected chi connectivity index (χ3v) is 6.80. The van der Waals surface area contributed by atoms with Crippen molar-refractivity contribution in [1.29, 1.82) is 0 Å². The zero-order valence-corrected chi connectivity index (χ0v) is 23.6. The van der Waals surface area contributed by atoms with Crippen molar-refractivity contribution in [2.75, 3.05) is 12.3 Å². The molecule has 42 heavy (non-hydrogen) atoms. The minimum Gasteiger partial charge on any atom is -0.480 e. The van der Waals surface area contributed by atoms with E-state index in [9.17, 15) is 24.3 Å². The van der Waals surface area contributed by atoms with Crippen LogP contribution in [0.15, 0.2) is 48.0 Å². The maximum atomic E-state index is 13.2. The lowest BCUT2D eigenvalue weighted by Gasteiger charge is -2.24. The van der Waals surface area contributed by atoms with Gasteiger partial charge in [0, 0.05) is 47.7 Å². The number of para-hydroxylation sites is 1. The van der Waals surface area contributed by atoms with Gasteiger partial charge in [-0.2, -0.15) is 12.6 Å². The number of hydrogen-bond donors (Lipinski definition) is 10. The van der Waals surface area contributed by atoms with Gasteiger partial charge >= 0.3 is 5.97 Å². The second kappa shape index (κ2) is 15.4. The van der Waals surface area contributed by atoms with E-state index < -0.39 is 47.9 Å². The van der Waals surface area contributed by atoms with E-state index in [1.165, 1.54) is 12.5 Å². The van der Waals surface area contributed by atoms with E-state index in [4.69, 9.17) is 17.2 Å². The molecule has 0 radical (unpaired) electrons. The van der Waals surface area contributed by atoms with Crippen molar-refractivity contribution in [3.63, 3.8) is 0 Å². The van der Waals surface area contributed by atoms with Crippen LogP contribution in [-0.4, -0.2) is 86.2 Å². The molecule has 2 aromatic heterocycles. The predicted octanol–water partition coefficient (Wildman–Crippen LogP) is -1.47. The largest absolute Gasteiger partial charge is 0.480 e. The number of guanidine groups is 1. The summed E-state index contributed by atoms with van der Waals surface area (Å²) in [6.07, 6.45) is 5.16. The Hall–Kier alpha value is -4.57. The van der Waals surface area contributed by atoms with E-state index >= 15 is 0 Å². The summed E-state index contributed by atoms with van der Waals surface area (Å²) >= 11 is 4.20. The number of nitrogens with zero attached hydrogens (tertiary/aromatic N) is 2. The fourth-order valence-electron chi connectivity index (χ4n) is 4.24. The number of imidazole rings is 1. The minimum absolute atomic E-state index is 0.0562. The Morgan fingerprint density at radius 2 is 1.67 bits per heavy atom. The van der Waals surface area contributed by atoms with E-state index in [0.29, 0.717) is 12.1 Å². The molecule has 0 saturated carbocycles. The number of aromatic nitrogens is 3. The van der Waals surface area contributed by atoms with Gasteiger partial charge in [0.1, 0.15) is 18.1 Å². The number of aliphatic imine (C=N–C) groups is 1. The topological polar surface area (TPSA) is 259 Å². The first-order chi connectivity index (χ1) is 20.1. The molecule has 0 aliphatic rings. The molecule has 15 nitrogen and oxygen atoms in total. The number of hydrogen-bond acceptors (Lipinski definition) is 8. The molecule has 226 valence electrons. The van der Waals surface area contributed by atoms with E-state index in [0.717, 1.165) is 16.5 Å². The van der Waals surface area contributed by atoms with Gasteiger partial charge in [0.2, 0.25) is 17.7 Å². The van der Waals surface area contributed by atoms with Crippen molar-refractivity contribution < 1.29 is 24.3 Å². The number of carboxylic acids is 1. The average molecular weight is 601 g/mol. The molecule has 0 bridgehead atoms. The molecular weight excluding hydrogens is 564 g/mol. The number of H-pyrrole nitrogens is 2.